The fourth-order valence-corrected chi connectivity index (χ4v) is 4.38. The number of pyridine rings is 1. The summed E-state index contributed by atoms with van der Waals surface area (Å²) >= 11 is 0. The Bertz CT molecular complexity index is 1010. The van der Waals surface area contributed by atoms with E-state index in [1.165, 1.54) is 6.07 Å². The molecule has 1 unspecified atom stereocenters. The topological polar surface area (TPSA) is 77.5 Å². The van der Waals surface area contributed by atoms with Gasteiger partial charge < -0.3 is 9.47 Å². The average molecular weight is 410 g/mol. The third-order valence-electron chi connectivity index (χ3n) is 5.05. The molecule has 0 bridgehead atoms. The molecule has 1 aromatic heterocycles. The summed E-state index contributed by atoms with van der Waals surface area (Å²) in [6.45, 7) is 1.57. The number of hydrogen-bond donors (Lipinski definition) is 1. The van der Waals surface area contributed by atoms with Crippen molar-refractivity contribution in [2.75, 3.05) is 19.0 Å². The number of halogens is 2. The van der Waals surface area contributed by atoms with E-state index in [0.717, 1.165) is 16.7 Å². The largest absolute Gasteiger partial charge is 0.375 e. The van der Waals surface area contributed by atoms with Crippen molar-refractivity contribution in [3.8, 4) is 11.1 Å². The number of hydrogen-bond acceptors (Lipinski definition) is 5. The van der Waals surface area contributed by atoms with Crippen LogP contribution >= 0.6 is 0 Å². The van der Waals surface area contributed by atoms with Crippen LogP contribution in [0.4, 0.5) is 8.78 Å². The van der Waals surface area contributed by atoms with Gasteiger partial charge in [0.05, 0.1) is 31.6 Å². The highest BCUT2D eigenvalue weighted by Crippen LogP contribution is 2.39. The summed E-state index contributed by atoms with van der Waals surface area (Å²) in [6, 6.07) is 4.20. The van der Waals surface area contributed by atoms with Crippen LogP contribution in [0.15, 0.2) is 30.6 Å². The van der Waals surface area contributed by atoms with E-state index in [0.29, 0.717) is 17.7 Å². The van der Waals surface area contributed by atoms with Crippen LogP contribution in [0.3, 0.4) is 0 Å². The molecule has 1 atom stereocenters. The Kier molecular flexibility index (Phi) is 4.95. The summed E-state index contributed by atoms with van der Waals surface area (Å²) in [4.78, 5) is 4.25. The van der Waals surface area contributed by atoms with Crippen LogP contribution in [0.2, 0.25) is 0 Å². The highest BCUT2D eigenvalue weighted by atomic mass is 32.2. The first kappa shape index (κ1) is 19.4. The molecular formula is C19H20F2N2O4S. The predicted molar refractivity (Wildman–Crippen MR) is 98.2 cm³/mol. The summed E-state index contributed by atoms with van der Waals surface area (Å²) in [7, 11) is -3.42. The average Bonchev–Trinajstić information content (AvgIpc) is 2.67. The summed E-state index contributed by atoms with van der Waals surface area (Å²) in [5, 5.41) is 0. The van der Waals surface area contributed by atoms with Crippen LogP contribution in [-0.4, -0.2) is 32.4 Å². The number of aromatic nitrogens is 1. The normalized spacial score (nSPS) is 21.0. The summed E-state index contributed by atoms with van der Waals surface area (Å²) < 4.78 is 65.3. The van der Waals surface area contributed by atoms with Crippen molar-refractivity contribution in [3.63, 3.8) is 0 Å². The quantitative estimate of drug-likeness (QED) is 0.839. The fraction of sp³-hybridized carbons (Fsp3) is 0.421. The standard InChI is InChI=1S/C19H20F2N2O4S/c1-2-28(24,25)23-18-10-26-9-16-14(6-22-7-15(16)18)12-3-4-17-13(5-12)8-27-11-19(17,20)21/h3-7,18,23H,2,8-11H2,1H3. The second-order valence-corrected chi connectivity index (χ2v) is 8.96. The number of nitrogens with one attached hydrogen (secondary N) is 1. The number of alkyl halides is 2. The maximum Gasteiger partial charge on any atom is 0.296 e. The summed E-state index contributed by atoms with van der Waals surface area (Å²) in [5.74, 6) is -3.04. The molecule has 150 valence electrons. The highest BCUT2D eigenvalue weighted by Gasteiger charge is 2.37. The van der Waals surface area contributed by atoms with E-state index < -0.39 is 28.6 Å². The molecule has 3 heterocycles. The Hall–Kier alpha value is -1.94. The van der Waals surface area contributed by atoms with Gasteiger partial charge in [-0.1, -0.05) is 12.1 Å². The molecule has 0 saturated carbocycles. The number of ether oxygens (including phenoxy) is 2. The lowest BCUT2D eigenvalue weighted by Crippen LogP contribution is -2.35. The van der Waals surface area contributed by atoms with E-state index in [2.05, 4.69) is 9.71 Å². The van der Waals surface area contributed by atoms with Crippen molar-refractivity contribution in [2.24, 2.45) is 0 Å². The first-order valence-electron chi connectivity index (χ1n) is 8.94. The minimum atomic E-state index is -3.42. The van der Waals surface area contributed by atoms with Crippen molar-refractivity contribution < 1.29 is 26.7 Å². The number of nitrogens with zero attached hydrogens (tertiary/aromatic N) is 1. The molecule has 1 aromatic carbocycles. The first-order chi connectivity index (χ1) is 13.3. The number of fused-ring (bicyclic) bond motifs is 2. The zero-order chi connectivity index (χ0) is 19.9. The molecule has 1 N–H and O–H groups in total. The minimum absolute atomic E-state index is 0.0231. The second-order valence-electron chi connectivity index (χ2n) is 6.91. The van der Waals surface area contributed by atoms with Gasteiger partial charge in [-0.05, 0) is 35.2 Å². The van der Waals surface area contributed by atoms with Gasteiger partial charge in [0.15, 0.2) is 0 Å². The molecular weight excluding hydrogens is 390 g/mol. The number of benzene rings is 1. The molecule has 9 heteroatoms. The van der Waals surface area contributed by atoms with E-state index in [1.807, 2.05) is 0 Å². The SMILES string of the molecule is CCS(=O)(=O)NC1COCc2c(-c3ccc4c(c3)COCC4(F)F)cncc21. The Morgan fingerprint density at radius 1 is 1.25 bits per heavy atom. The Balaban J connectivity index is 1.75. The Morgan fingerprint density at radius 3 is 2.86 bits per heavy atom. The molecule has 28 heavy (non-hydrogen) atoms. The van der Waals surface area contributed by atoms with Gasteiger partial charge in [0.25, 0.3) is 5.92 Å². The molecule has 6 nitrogen and oxygen atoms in total. The van der Waals surface area contributed by atoms with Crippen molar-refractivity contribution in [2.45, 2.75) is 32.1 Å². The maximum absolute atomic E-state index is 14.0. The van der Waals surface area contributed by atoms with Crippen molar-refractivity contribution >= 4 is 10.0 Å². The molecule has 0 spiro atoms. The third-order valence-corrected chi connectivity index (χ3v) is 6.45. The first-order valence-corrected chi connectivity index (χ1v) is 10.6. The zero-order valence-electron chi connectivity index (χ0n) is 15.2. The number of sulfonamides is 1. The van der Waals surface area contributed by atoms with E-state index >= 15 is 0 Å². The third kappa shape index (κ3) is 3.55. The van der Waals surface area contributed by atoms with Gasteiger partial charge in [0.1, 0.15) is 6.61 Å². The Morgan fingerprint density at radius 2 is 2.07 bits per heavy atom. The molecule has 0 aliphatic carbocycles. The minimum Gasteiger partial charge on any atom is -0.375 e. The monoisotopic (exact) mass is 410 g/mol. The van der Waals surface area contributed by atoms with Gasteiger partial charge in [-0.3, -0.25) is 4.98 Å². The summed E-state index contributed by atoms with van der Waals surface area (Å²) in [5.41, 5.74) is 3.39. The van der Waals surface area contributed by atoms with Gasteiger partial charge in [0, 0.05) is 23.5 Å². The summed E-state index contributed by atoms with van der Waals surface area (Å²) in [6.07, 6.45) is 3.27. The van der Waals surface area contributed by atoms with Gasteiger partial charge in [0.2, 0.25) is 10.0 Å². The van der Waals surface area contributed by atoms with E-state index in [9.17, 15) is 17.2 Å². The Labute approximate surface area is 161 Å². The van der Waals surface area contributed by atoms with Crippen LogP contribution in [0, 0.1) is 0 Å². The van der Waals surface area contributed by atoms with E-state index in [-0.39, 0.29) is 24.5 Å². The van der Waals surface area contributed by atoms with E-state index in [4.69, 9.17) is 9.47 Å². The lowest BCUT2D eigenvalue weighted by molar-refractivity contribution is -0.103. The van der Waals surface area contributed by atoms with Crippen LogP contribution in [0.5, 0.6) is 0 Å². The van der Waals surface area contributed by atoms with Crippen LogP contribution in [-0.2, 0) is 38.6 Å². The molecule has 2 aromatic rings. The maximum atomic E-state index is 14.0. The molecule has 4 rings (SSSR count). The predicted octanol–water partition coefficient (Wildman–Crippen LogP) is 2.88. The van der Waals surface area contributed by atoms with Crippen LogP contribution < -0.4 is 4.72 Å². The highest BCUT2D eigenvalue weighted by molar-refractivity contribution is 7.89. The zero-order valence-corrected chi connectivity index (χ0v) is 16.1. The molecule has 2 aliphatic heterocycles. The van der Waals surface area contributed by atoms with Crippen molar-refractivity contribution in [3.05, 3.63) is 52.8 Å². The van der Waals surface area contributed by atoms with Crippen molar-refractivity contribution in [1.29, 1.82) is 0 Å². The lowest BCUT2D eigenvalue weighted by atomic mass is 9.91. The van der Waals surface area contributed by atoms with Gasteiger partial charge in [-0.25, -0.2) is 13.1 Å². The molecule has 0 saturated heterocycles. The van der Waals surface area contributed by atoms with Gasteiger partial charge in [-0.2, -0.15) is 8.78 Å². The molecule has 2 aliphatic rings. The smallest absolute Gasteiger partial charge is 0.296 e. The van der Waals surface area contributed by atoms with E-state index in [1.54, 1.807) is 31.5 Å². The fourth-order valence-electron chi connectivity index (χ4n) is 3.58. The molecule has 0 amide bonds. The van der Waals surface area contributed by atoms with Gasteiger partial charge >= 0.3 is 0 Å². The molecule has 0 fully saturated rings. The van der Waals surface area contributed by atoms with Gasteiger partial charge in [-0.15, -0.1) is 0 Å². The lowest BCUT2D eigenvalue weighted by Gasteiger charge is -2.28. The number of rotatable bonds is 4. The molecule has 0 radical (unpaired) electrons. The van der Waals surface area contributed by atoms with Crippen LogP contribution in [0.25, 0.3) is 11.1 Å². The van der Waals surface area contributed by atoms with Crippen molar-refractivity contribution in [1.82, 2.24) is 9.71 Å². The second kappa shape index (κ2) is 7.14. The van der Waals surface area contributed by atoms with Crippen LogP contribution in [0.1, 0.15) is 35.2 Å².